The molecule has 2 nitrogen and oxygen atoms in total. The summed E-state index contributed by atoms with van der Waals surface area (Å²) in [5.41, 5.74) is 1.51. The molecule has 0 aliphatic carbocycles. The Labute approximate surface area is 135 Å². The van der Waals surface area contributed by atoms with Gasteiger partial charge in [0.25, 0.3) is 0 Å². The van der Waals surface area contributed by atoms with Crippen molar-refractivity contribution in [2.75, 3.05) is 5.33 Å². The summed E-state index contributed by atoms with van der Waals surface area (Å²) < 4.78 is 5.63. The Bertz CT molecular complexity index is 612. The lowest BCUT2D eigenvalue weighted by atomic mass is 10.1. The molecule has 0 saturated heterocycles. The molecule has 0 aliphatic heterocycles. The second-order valence-corrected chi connectivity index (χ2v) is 5.51. The minimum atomic E-state index is 0.0392. The van der Waals surface area contributed by atoms with Gasteiger partial charge in [-0.1, -0.05) is 45.2 Å². The van der Waals surface area contributed by atoms with Crippen LogP contribution in [0.1, 0.15) is 15.9 Å². The standard InChI is InChI=1S/C15H11BrCl2O2/c16-8-15(19)10-2-5-13(6-3-10)20-9-11-1-4-12(17)7-14(11)18/h1-7H,8-9H2. The monoisotopic (exact) mass is 372 g/mol. The fourth-order valence-electron chi connectivity index (χ4n) is 1.61. The van der Waals surface area contributed by atoms with E-state index in [0.29, 0.717) is 33.3 Å². The largest absolute Gasteiger partial charge is 0.489 e. The molecule has 0 bridgehead atoms. The SMILES string of the molecule is O=C(CBr)c1ccc(OCc2ccc(Cl)cc2Cl)cc1. The summed E-state index contributed by atoms with van der Waals surface area (Å²) in [7, 11) is 0. The van der Waals surface area contributed by atoms with Gasteiger partial charge in [0.05, 0.1) is 5.33 Å². The number of ketones is 1. The summed E-state index contributed by atoms with van der Waals surface area (Å²) in [4.78, 5) is 11.5. The molecular weight excluding hydrogens is 363 g/mol. The van der Waals surface area contributed by atoms with Crippen LogP contribution in [0.2, 0.25) is 10.0 Å². The molecule has 0 heterocycles. The van der Waals surface area contributed by atoms with Crippen LogP contribution in [-0.4, -0.2) is 11.1 Å². The topological polar surface area (TPSA) is 26.3 Å². The van der Waals surface area contributed by atoms with Crippen LogP contribution in [-0.2, 0) is 6.61 Å². The third-order valence-corrected chi connectivity index (χ3v) is 3.80. The van der Waals surface area contributed by atoms with Gasteiger partial charge in [-0.25, -0.2) is 0 Å². The fourth-order valence-corrected chi connectivity index (χ4v) is 2.40. The number of carbonyl (C=O) groups excluding carboxylic acids is 1. The molecule has 2 aromatic carbocycles. The first-order valence-electron chi connectivity index (χ1n) is 5.86. The third-order valence-electron chi connectivity index (χ3n) is 2.71. The average Bonchev–Trinajstić information content (AvgIpc) is 2.46. The van der Waals surface area contributed by atoms with Crippen LogP contribution in [0, 0.1) is 0 Å². The lowest BCUT2D eigenvalue weighted by Crippen LogP contribution is -2.00. The molecule has 0 aromatic heterocycles. The molecule has 0 N–H and O–H groups in total. The van der Waals surface area contributed by atoms with Gasteiger partial charge in [-0.2, -0.15) is 0 Å². The lowest BCUT2D eigenvalue weighted by Gasteiger charge is -2.08. The van der Waals surface area contributed by atoms with Gasteiger partial charge in [-0.3, -0.25) is 4.79 Å². The predicted octanol–water partition coefficient (Wildman–Crippen LogP) is 5.15. The van der Waals surface area contributed by atoms with Crippen molar-refractivity contribution in [2.24, 2.45) is 0 Å². The zero-order valence-electron chi connectivity index (χ0n) is 10.4. The number of hydrogen-bond donors (Lipinski definition) is 0. The summed E-state index contributed by atoms with van der Waals surface area (Å²) in [6.07, 6.45) is 0. The van der Waals surface area contributed by atoms with Gasteiger partial charge in [-0.15, -0.1) is 0 Å². The first-order chi connectivity index (χ1) is 9.60. The third kappa shape index (κ3) is 3.98. The van der Waals surface area contributed by atoms with Gasteiger partial charge in [0.2, 0.25) is 0 Å². The van der Waals surface area contributed by atoms with Crippen LogP contribution >= 0.6 is 39.1 Å². The van der Waals surface area contributed by atoms with E-state index in [1.807, 2.05) is 6.07 Å². The molecule has 0 atom stereocenters. The van der Waals surface area contributed by atoms with Gasteiger partial charge in [0.1, 0.15) is 12.4 Å². The predicted molar refractivity (Wildman–Crippen MR) is 85.4 cm³/mol. The van der Waals surface area contributed by atoms with E-state index >= 15 is 0 Å². The molecule has 2 rings (SSSR count). The van der Waals surface area contributed by atoms with E-state index in [0.717, 1.165) is 5.56 Å². The van der Waals surface area contributed by atoms with Crippen LogP contribution < -0.4 is 4.74 Å². The molecule has 0 saturated carbocycles. The van der Waals surface area contributed by atoms with Gasteiger partial charge in [-0.05, 0) is 36.4 Å². The van der Waals surface area contributed by atoms with Crippen LogP contribution in [0.15, 0.2) is 42.5 Å². The van der Waals surface area contributed by atoms with E-state index in [-0.39, 0.29) is 5.78 Å². The van der Waals surface area contributed by atoms with Crippen LogP contribution in [0.5, 0.6) is 5.75 Å². The van der Waals surface area contributed by atoms with Gasteiger partial charge < -0.3 is 4.74 Å². The molecule has 0 aliphatic rings. The number of Topliss-reactive ketones (excluding diaryl/α,β-unsaturated/α-hetero) is 1. The van der Waals surface area contributed by atoms with Gasteiger partial charge in [0.15, 0.2) is 5.78 Å². The normalized spacial score (nSPS) is 10.3. The molecule has 0 unspecified atom stereocenters. The zero-order chi connectivity index (χ0) is 14.5. The minimum Gasteiger partial charge on any atom is -0.489 e. The number of alkyl halides is 1. The van der Waals surface area contributed by atoms with Crippen molar-refractivity contribution in [3.05, 3.63) is 63.6 Å². The summed E-state index contributed by atoms with van der Waals surface area (Å²) in [6.45, 7) is 0.349. The molecule has 5 heteroatoms. The molecule has 104 valence electrons. The van der Waals surface area contributed by atoms with E-state index in [4.69, 9.17) is 27.9 Å². The maximum Gasteiger partial charge on any atom is 0.173 e. The Morgan fingerprint density at radius 1 is 1.10 bits per heavy atom. The van der Waals surface area contributed by atoms with E-state index in [9.17, 15) is 4.79 Å². The van der Waals surface area contributed by atoms with Gasteiger partial charge >= 0.3 is 0 Å². The highest BCUT2D eigenvalue weighted by Crippen LogP contribution is 2.23. The summed E-state index contributed by atoms with van der Waals surface area (Å²) in [5.74, 6) is 0.722. The molecular formula is C15H11BrCl2O2. The van der Waals surface area contributed by atoms with Crippen molar-refractivity contribution >= 4 is 44.9 Å². The van der Waals surface area contributed by atoms with Crippen LogP contribution in [0.4, 0.5) is 0 Å². The number of ether oxygens (including phenoxy) is 1. The Kier molecular flexibility index (Phi) is 5.46. The maximum atomic E-state index is 11.5. The van der Waals surface area contributed by atoms with E-state index < -0.39 is 0 Å². The minimum absolute atomic E-state index is 0.0392. The highest BCUT2D eigenvalue weighted by molar-refractivity contribution is 9.09. The fraction of sp³-hybridized carbons (Fsp3) is 0.133. The van der Waals surface area contributed by atoms with Crippen molar-refractivity contribution < 1.29 is 9.53 Å². The van der Waals surface area contributed by atoms with E-state index in [1.54, 1.807) is 36.4 Å². The number of rotatable bonds is 5. The molecule has 20 heavy (non-hydrogen) atoms. The molecule has 0 spiro atoms. The summed E-state index contributed by atoms with van der Waals surface area (Å²) in [5, 5.41) is 1.48. The molecule has 2 aromatic rings. The molecule has 0 amide bonds. The number of halogens is 3. The van der Waals surface area contributed by atoms with Crippen molar-refractivity contribution in [3.8, 4) is 5.75 Å². The van der Waals surface area contributed by atoms with Crippen LogP contribution in [0.3, 0.4) is 0 Å². The van der Waals surface area contributed by atoms with E-state index in [1.165, 1.54) is 0 Å². The Hall–Kier alpha value is -1.03. The Morgan fingerprint density at radius 3 is 2.40 bits per heavy atom. The second kappa shape index (κ2) is 7.11. The highest BCUT2D eigenvalue weighted by Gasteiger charge is 2.05. The summed E-state index contributed by atoms with van der Waals surface area (Å²) in [6, 6.07) is 12.3. The number of hydrogen-bond acceptors (Lipinski definition) is 2. The summed E-state index contributed by atoms with van der Waals surface area (Å²) >= 11 is 15.0. The Balaban J connectivity index is 2.02. The molecule has 0 fully saturated rings. The second-order valence-electron chi connectivity index (χ2n) is 4.11. The van der Waals surface area contributed by atoms with E-state index in [2.05, 4.69) is 15.9 Å². The van der Waals surface area contributed by atoms with Crippen molar-refractivity contribution in [3.63, 3.8) is 0 Å². The lowest BCUT2D eigenvalue weighted by molar-refractivity contribution is 0.102. The first kappa shape index (κ1) is 15.4. The van der Waals surface area contributed by atoms with Crippen molar-refractivity contribution in [2.45, 2.75) is 6.61 Å². The zero-order valence-corrected chi connectivity index (χ0v) is 13.5. The smallest absolute Gasteiger partial charge is 0.173 e. The number of carbonyl (C=O) groups is 1. The van der Waals surface area contributed by atoms with Crippen molar-refractivity contribution in [1.29, 1.82) is 0 Å². The quantitative estimate of drug-likeness (QED) is 0.535. The first-order valence-corrected chi connectivity index (χ1v) is 7.74. The molecule has 0 radical (unpaired) electrons. The van der Waals surface area contributed by atoms with Crippen molar-refractivity contribution in [1.82, 2.24) is 0 Å². The highest BCUT2D eigenvalue weighted by atomic mass is 79.9. The maximum absolute atomic E-state index is 11.5. The number of benzene rings is 2. The average molecular weight is 374 g/mol. The van der Waals surface area contributed by atoms with Gasteiger partial charge in [0, 0.05) is 21.2 Å². The van der Waals surface area contributed by atoms with Crippen LogP contribution in [0.25, 0.3) is 0 Å². The Morgan fingerprint density at radius 2 is 1.80 bits per heavy atom.